The molecule has 6 nitrogen and oxygen atoms in total. The number of aromatic carboxylic acids is 1. The van der Waals surface area contributed by atoms with Crippen LogP contribution in [0.2, 0.25) is 0 Å². The van der Waals surface area contributed by atoms with Crippen molar-refractivity contribution >= 4 is 54.8 Å². The van der Waals surface area contributed by atoms with Crippen LogP contribution in [0.1, 0.15) is 30.1 Å². The smallest absolute Gasteiger partial charge is 0.335 e. The number of carbonyl (C=O) groups is 1. The molecule has 9 heteroatoms. The zero-order chi connectivity index (χ0) is 20.0. The Morgan fingerprint density at radius 2 is 1.89 bits per heavy atom. The number of benzene rings is 2. The average molecular weight is 471 g/mol. The lowest BCUT2D eigenvalue weighted by Gasteiger charge is -2.20. The molecule has 2 aromatic rings. The maximum Gasteiger partial charge on any atom is 0.335 e. The van der Waals surface area contributed by atoms with Crippen molar-refractivity contribution in [1.29, 1.82) is 0 Å². The van der Waals surface area contributed by atoms with Crippen LogP contribution in [0.4, 0.5) is 5.69 Å². The maximum atomic E-state index is 12.6. The zero-order valence-electron chi connectivity index (χ0n) is 14.5. The highest BCUT2D eigenvalue weighted by Gasteiger charge is 2.23. The minimum Gasteiger partial charge on any atom is -0.478 e. The number of carboxylic acids is 1. The molecule has 0 amide bonds. The van der Waals surface area contributed by atoms with E-state index in [4.69, 9.17) is 17.3 Å². The Morgan fingerprint density at radius 1 is 1.22 bits per heavy atom. The fraction of sp³-hybridized carbons (Fsp3) is 0.222. The van der Waals surface area contributed by atoms with Crippen LogP contribution >= 0.6 is 28.1 Å². The third-order valence-electron chi connectivity index (χ3n) is 3.69. The van der Waals surface area contributed by atoms with E-state index in [1.807, 2.05) is 6.92 Å². The summed E-state index contributed by atoms with van der Waals surface area (Å²) in [5.74, 6) is -1.05. The number of carboxylic acid groups (broad SMARTS) is 1. The third kappa shape index (κ3) is 6.10. The molecular formula is C18H19BrN2O4S2. The lowest BCUT2D eigenvalue weighted by atomic mass is 10.1. The molecule has 0 radical (unpaired) electrons. The van der Waals surface area contributed by atoms with Gasteiger partial charge in [-0.25, -0.2) is 17.9 Å². The molecule has 0 bridgehead atoms. The van der Waals surface area contributed by atoms with Crippen molar-refractivity contribution in [2.45, 2.75) is 30.7 Å². The van der Waals surface area contributed by atoms with Crippen LogP contribution in [-0.2, 0) is 10.0 Å². The van der Waals surface area contributed by atoms with Crippen molar-refractivity contribution in [3.8, 4) is 0 Å². The summed E-state index contributed by atoms with van der Waals surface area (Å²) in [6.07, 6.45) is 1.21. The molecular weight excluding hydrogens is 452 g/mol. The lowest BCUT2D eigenvalue weighted by Crippen LogP contribution is -2.42. The molecule has 0 aliphatic carbocycles. The summed E-state index contributed by atoms with van der Waals surface area (Å²) in [4.78, 5) is 11.5. The molecule has 27 heavy (non-hydrogen) atoms. The summed E-state index contributed by atoms with van der Waals surface area (Å²) in [6.45, 7) is 1.93. The van der Waals surface area contributed by atoms with Crippen LogP contribution in [0, 0.1) is 0 Å². The van der Waals surface area contributed by atoms with Gasteiger partial charge in [0, 0.05) is 10.2 Å². The highest BCUT2D eigenvalue weighted by atomic mass is 79.9. The van der Waals surface area contributed by atoms with Crippen molar-refractivity contribution in [2.75, 3.05) is 5.32 Å². The van der Waals surface area contributed by atoms with Gasteiger partial charge in [0.2, 0.25) is 10.0 Å². The molecule has 2 rings (SSSR count). The molecule has 0 heterocycles. The van der Waals surface area contributed by atoms with E-state index in [9.17, 15) is 13.2 Å². The van der Waals surface area contributed by atoms with Gasteiger partial charge >= 0.3 is 5.97 Å². The molecule has 2 aromatic carbocycles. The number of hydrogen-bond acceptors (Lipinski definition) is 4. The molecule has 0 saturated carbocycles. The van der Waals surface area contributed by atoms with E-state index in [1.165, 1.54) is 24.3 Å². The van der Waals surface area contributed by atoms with Crippen LogP contribution < -0.4 is 10.0 Å². The van der Waals surface area contributed by atoms with E-state index >= 15 is 0 Å². The van der Waals surface area contributed by atoms with Gasteiger partial charge in [0.15, 0.2) is 0 Å². The number of rotatable bonds is 8. The average Bonchev–Trinajstić information content (AvgIpc) is 2.61. The molecule has 144 valence electrons. The van der Waals surface area contributed by atoms with Crippen LogP contribution in [0.25, 0.3) is 0 Å². The molecule has 0 aliphatic rings. The number of nitrogens with one attached hydrogen (secondary N) is 2. The molecule has 3 N–H and O–H groups in total. The zero-order valence-corrected chi connectivity index (χ0v) is 17.7. The Bertz CT molecular complexity index is 931. The highest BCUT2D eigenvalue weighted by Crippen LogP contribution is 2.17. The maximum absolute atomic E-state index is 12.6. The second-order valence-electron chi connectivity index (χ2n) is 5.79. The van der Waals surface area contributed by atoms with Crippen LogP contribution in [0.3, 0.4) is 0 Å². The van der Waals surface area contributed by atoms with Gasteiger partial charge in [0.25, 0.3) is 0 Å². The van der Waals surface area contributed by atoms with E-state index in [1.54, 1.807) is 24.3 Å². The summed E-state index contributed by atoms with van der Waals surface area (Å²) in [7, 11) is -3.75. The first kappa shape index (κ1) is 21.5. The molecule has 0 spiro atoms. The number of anilines is 1. The normalized spacial score (nSPS) is 12.4. The molecule has 0 aliphatic heterocycles. The number of halogens is 1. The van der Waals surface area contributed by atoms with E-state index < -0.39 is 22.0 Å². The first-order chi connectivity index (χ1) is 12.7. The lowest BCUT2D eigenvalue weighted by molar-refractivity contribution is 0.0697. The Hall–Kier alpha value is -1.81. The van der Waals surface area contributed by atoms with Crippen molar-refractivity contribution in [3.05, 3.63) is 58.6 Å². The first-order valence-corrected chi connectivity index (χ1v) is 10.8. The molecule has 1 unspecified atom stereocenters. The summed E-state index contributed by atoms with van der Waals surface area (Å²) < 4.78 is 28.7. The number of hydrogen-bond donors (Lipinski definition) is 3. The Morgan fingerprint density at radius 3 is 2.48 bits per heavy atom. The molecule has 0 saturated heterocycles. The van der Waals surface area contributed by atoms with Gasteiger partial charge in [-0.15, -0.1) is 0 Å². The van der Waals surface area contributed by atoms with Crippen molar-refractivity contribution in [2.24, 2.45) is 0 Å². The van der Waals surface area contributed by atoms with Crippen LogP contribution in [-0.4, -0.2) is 30.5 Å². The molecule has 1 atom stereocenters. The summed E-state index contributed by atoms with van der Waals surface area (Å²) >= 11 is 8.65. The Labute approximate surface area is 172 Å². The van der Waals surface area contributed by atoms with E-state index in [-0.39, 0.29) is 15.4 Å². The summed E-state index contributed by atoms with van der Waals surface area (Å²) in [5.41, 5.74) is 0.606. The number of thiocarbonyl (C=S) groups is 1. The van der Waals surface area contributed by atoms with Gasteiger partial charge in [-0.2, -0.15) is 0 Å². The van der Waals surface area contributed by atoms with Gasteiger partial charge in [-0.05, 0) is 48.9 Å². The third-order valence-corrected chi connectivity index (χ3v) is 6.10. The van der Waals surface area contributed by atoms with Crippen LogP contribution in [0.5, 0.6) is 0 Å². The monoisotopic (exact) mass is 470 g/mol. The van der Waals surface area contributed by atoms with Crippen molar-refractivity contribution in [3.63, 3.8) is 0 Å². The SMILES string of the molecule is CCCC(NS(=O)(=O)c1ccc(Br)cc1)C(=S)Nc1cccc(C(=O)O)c1. The standard InChI is InChI=1S/C18H19BrN2O4S2/c1-2-4-16(21-27(24,25)15-9-7-13(19)8-10-15)17(26)20-14-6-3-5-12(11-14)18(22)23/h3,5-11,16,21H,2,4H2,1H3,(H,20,26)(H,22,23). The van der Waals surface area contributed by atoms with Crippen LogP contribution in [0.15, 0.2) is 57.9 Å². The summed E-state index contributed by atoms with van der Waals surface area (Å²) in [5, 5.41) is 12.0. The minimum atomic E-state index is -3.75. The second kappa shape index (κ2) is 9.41. The predicted molar refractivity (Wildman–Crippen MR) is 113 cm³/mol. The topological polar surface area (TPSA) is 95.5 Å². The first-order valence-electron chi connectivity index (χ1n) is 8.15. The quantitative estimate of drug-likeness (QED) is 0.504. The molecule has 0 aromatic heterocycles. The predicted octanol–water partition coefficient (Wildman–Crippen LogP) is 4.03. The summed E-state index contributed by atoms with van der Waals surface area (Å²) in [6, 6.07) is 11.9. The highest BCUT2D eigenvalue weighted by molar-refractivity contribution is 9.10. The second-order valence-corrected chi connectivity index (χ2v) is 8.86. The van der Waals surface area contributed by atoms with Gasteiger partial charge in [-0.3, -0.25) is 0 Å². The van der Waals surface area contributed by atoms with E-state index in [0.29, 0.717) is 18.5 Å². The van der Waals surface area contributed by atoms with E-state index in [2.05, 4.69) is 26.0 Å². The minimum absolute atomic E-state index is 0.116. The van der Waals surface area contributed by atoms with Gasteiger partial charge in [0.05, 0.1) is 21.5 Å². The Kier molecular flexibility index (Phi) is 7.49. The Balaban J connectivity index is 2.18. The fourth-order valence-corrected chi connectivity index (χ4v) is 4.23. The van der Waals surface area contributed by atoms with Crippen molar-refractivity contribution in [1.82, 2.24) is 4.72 Å². The molecule has 0 fully saturated rings. The fourth-order valence-electron chi connectivity index (χ4n) is 2.36. The van der Waals surface area contributed by atoms with Gasteiger partial charge in [0.1, 0.15) is 0 Å². The van der Waals surface area contributed by atoms with E-state index in [0.717, 1.165) is 4.47 Å². The largest absolute Gasteiger partial charge is 0.478 e. The van der Waals surface area contributed by atoms with Crippen molar-refractivity contribution < 1.29 is 18.3 Å². The van der Waals surface area contributed by atoms with Gasteiger partial charge in [-0.1, -0.05) is 47.6 Å². The van der Waals surface area contributed by atoms with Gasteiger partial charge < -0.3 is 10.4 Å². The number of sulfonamides is 1.